The van der Waals surface area contributed by atoms with Crippen molar-refractivity contribution < 1.29 is 0 Å². The minimum absolute atomic E-state index is 0.463. The SMILES string of the molecule is CCN(CC)C(CC(C)c1c[nH]c2ccccc12)c1ccccc1. The number of hydrogen-bond donors (Lipinski definition) is 1. The van der Waals surface area contributed by atoms with Gasteiger partial charge < -0.3 is 4.98 Å². The van der Waals surface area contributed by atoms with Gasteiger partial charge in [0, 0.05) is 23.1 Å². The number of hydrogen-bond acceptors (Lipinski definition) is 1. The highest BCUT2D eigenvalue weighted by atomic mass is 15.1. The van der Waals surface area contributed by atoms with Crippen LogP contribution in [0.15, 0.2) is 60.8 Å². The van der Waals surface area contributed by atoms with E-state index in [-0.39, 0.29) is 0 Å². The molecule has 1 N–H and O–H groups in total. The van der Waals surface area contributed by atoms with Crippen molar-refractivity contribution in [3.8, 4) is 0 Å². The predicted octanol–water partition coefficient (Wildman–Crippen LogP) is 5.74. The Kier molecular flexibility index (Phi) is 5.37. The Hall–Kier alpha value is -2.06. The third kappa shape index (κ3) is 3.39. The maximum absolute atomic E-state index is 3.43. The molecule has 2 aromatic carbocycles. The van der Waals surface area contributed by atoms with Crippen LogP contribution < -0.4 is 0 Å². The average Bonchev–Trinajstić information content (AvgIpc) is 3.06. The zero-order valence-corrected chi connectivity index (χ0v) is 15.0. The largest absolute Gasteiger partial charge is 0.361 e. The number of aromatic nitrogens is 1. The van der Waals surface area contributed by atoms with Crippen LogP contribution in [0.25, 0.3) is 10.9 Å². The molecular formula is C22H28N2. The van der Waals surface area contributed by atoms with Crippen LogP contribution in [-0.2, 0) is 0 Å². The number of nitrogens with zero attached hydrogens (tertiary/aromatic N) is 1. The van der Waals surface area contributed by atoms with Crippen LogP contribution in [0, 0.1) is 0 Å². The normalized spacial score (nSPS) is 14.2. The van der Waals surface area contributed by atoms with Gasteiger partial charge >= 0.3 is 0 Å². The molecule has 2 nitrogen and oxygen atoms in total. The van der Waals surface area contributed by atoms with Gasteiger partial charge in [0.2, 0.25) is 0 Å². The zero-order chi connectivity index (χ0) is 16.9. The van der Waals surface area contributed by atoms with Crippen molar-refractivity contribution in [1.82, 2.24) is 9.88 Å². The van der Waals surface area contributed by atoms with Crippen molar-refractivity contribution in [2.75, 3.05) is 13.1 Å². The molecule has 1 aromatic heterocycles. The lowest BCUT2D eigenvalue weighted by Crippen LogP contribution is -2.29. The summed E-state index contributed by atoms with van der Waals surface area (Å²) in [6.45, 7) is 9.04. The first kappa shape index (κ1) is 16.8. The van der Waals surface area contributed by atoms with Crippen molar-refractivity contribution in [2.24, 2.45) is 0 Å². The summed E-state index contributed by atoms with van der Waals surface area (Å²) in [7, 11) is 0. The molecule has 1 heterocycles. The minimum atomic E-state index is 0.463. The van der Waals surface area contributed by atoms with Gasteiger partial charge in [-0.1, -0.05) is 69.3 Å². The second kappa shape index (κ2) is 7.67. The molecule has 0 saturated heterocycles. The van der Waals surface area contributed by atoms with Crippen molar-refractivity contribution in [2.45, 2.75) is 39.2 Å². The first-order valence-corrected chi connectivity index (χ1v) is 9.09. The molecule has 126 valence electrons. The Morgan fingerprint density at radius 3 is 2.29 bits per heavy atom. The van der Waals surface area contributed by atoms with Gasteiger partial charge in [0.1, 0.15) is 0 Å². The molecule has 0 aliphatic rings. The van der Waals surface area contributed by atoms with Gasteiger partial charge in [-0.3, -0.25) is 4.90 Å². The molecule has 2 heteroatoms. The highest BCUT2D eigenvalue weighted by molar-refractivity contribution is 5.83. The van der Waals surface area contributed by atoms with E-state index in [2.05, 4.69) is 91.4 Å². The number of aromatic amines is 1. The van der Waals surface area contributed by atoms with E-state index in [1.807, 2.05) is 0 Å². The third-order valence-corrected chi connectivity index (χ3v) is 5.17. The Morgan fingerprint density at radius 1 is 0.917 bits per heavy atom. The lowest BCUT2D eigenvalue weighted by Gasteiger charge is -2.32. The van der Waals surface area contributed by atoms with E-state index in [1.54, 1.807) is 0 Å². The smallest absolute Gasteiger partial charge is 0.0456 e. The minimum Gasteiger partial charge on any atom is -0.361 e. The number of para-hydroxylation sites is 1. The zero-order valence-electron chi connectivity index (χ0n) is 15.0. The standard InChI is InChI=1S/C22H28N2/c1-4-24(5-2)22(18-11-7-6-8-12-18)15-17(3)20-16-23-21-14-10-9-13-19(20)21/h6-14,16-17,22-23H,4-5,15H2,1-3H3. The number of H-pyrrole nitrogens is 1. The molecule has 2 atom stereocenters. The molecular weight excluding hydrogens is 292 g/mol. The Labute approximate surface area is 145 Å². The first-order valence-electron chi connectivity index (χ1n) is 9.09. The summed E-state index contributed by atoms with van der Waals surface area (Å²) in [6, 6.07) is 20.0. The summed E-state index contributed by atoms with van der Waals surface area (Å²) in [6.07, 6.45) is 3.33. The van der Waals surface area contributed by atoms with E-state index in [9.17, 15) is 0 Å². The Morgan fingerprint density at radius 2 is 1.58 bits per heavy atom. The fourth-order valence-electron chi connectivity index (χ4n) is 3.80. The van der Waals surface area contributed by atoms with Gasteiger partial charge in [0.05, 0.1) is 0 Å². The molecule has 24 heavy (non-hydrogen) atoms. The van der Waals surface area contributed by atoms with Gasteiger partial charge in [-0.25, -0.2) is 0 Å². The highest BCUT2D eigenvalue weighted by Gasteiger charge is 2.22. The van der Waals surface area contributed by atoms with Gasteiger partial charge in [0.15, 0.2) is 0 Å². The number of fused-ring (bicyclic) bond motifs is 1. The monoisotopic (exact) mass is 320 g/mol. The van der Waals surface area contributed by atoms with Crippen LogP contribution in [0.2, 0.25) is 0 Å². The van der Waals surface area contributed by atoms with E-state index in [0.29, 0.717) is 12.0 Å². The summed E-state index contributed by atoms with van der Waals surface area (Å²) in [4.78, 5) is 6.00. The van der Waals surface area contributed by atoms with E-state index in [1.165, 1.54) is 22.0 Å². The van der Waals surface area contributed by atoms with E-state index < -0.39 is 0 Å². The van der Waals surface area contributed by atoms with E-state index >= 15 is 0 Å². The Balaban J connectivity index is 1.89. The molecule has 3 aromatic rings. The number of benzene rings is 2. The van der Waals surface area contributed by atoms with Gasteiger partial charge in [-0.2, -0.15) is 0 Å². The van der Waals surface area contributed by atoms with Crippen LogP contribution >= 0.6 is 0 Å². The molecule has 0 spiro atoms. The van der Waals surface area contributed by atoms with E-state index in [0.717, 1.165) is 19.5 Å². The maximum atomic E-state index is 3.43. The quantitative estimate of drug-likeness (QED) is 0.587. The van der Waals surface area contributed by atoms with Crippen molar-refractivity contribution in [3.63, 3.8) is 0 Å². The molecule has 0 amide bonds. The number of rotatable bonds is 7. The second-order valence-corrected chi connectivity index (χ2v) is 6.57. The second-order valence-electron chi connectivity index (χ2n) is 6.57. The van der Waals surface area contributed by atoms with Gasteiger partial charge in [0.25, 0.3) is 0 Å². The predicted molar refractivity (Wildman–Crippen MR) is 103 cm³/mol. The van der Waals surface area contributed by atoms with Gasteiger partial charge in [-0.05, 0) is 42.6 Å². The van der Waals surface area contributed by atoms with Crippen LogP contribution in [-0.4, -0.2) is 23.0 Å². The summed E-state index contributed by atoms with van der Waals surface area (Å²) >= 11 is 0. The third-order valence-electron chi connectivity index (χ3n) is 5.17. The van der Waals surface area contributed by atoms with Crippen molar-refractivity contribution >= 4 is 10.9 Å². The molecule has 3 rings (SSSR count). The highest BCUT2D eigenvalue weighted by Crippen LogP contribution is 2.35. The lowest BCUT2D eigenvalue weighted by atomic mass is 9.89. The lowest BCUT2D eigenvalue weighted by molar-refractivity contribution is 0.201. The summed E-state index contributed by atoms with van der Waals surface area (Å²) in [5.41, 5.74) is 4.09. The Bertz CT molecular complexity index is 756. The van der Waals surface area contributed by atoms with Crippen LogP contribution in [0.4, 0.5) is 0 Å². The maximum Gasteiger partial charge on any atom is 0.0456 e. The summed E-state index contributed by atoms with van der Waals surface area (Å²) in [5.74, 6) is 0.506. The molecule has 0 radical (unpaired) electrons. The topological polar surface area (TPSA) is 19.0 Å². The number of nitrogens with one attached hydrogen (secondary N) is 1. The molecule has 0 aliphatic heterocycles. The first-order chi connectivity index (χ1) is 11.7. The molecule has 0 fully saturated rings. The molecule has 0 saturated carbocycles. The van der Waals surface area contributed by atoms with E-state index in [4.69, 9.17) is 0 Å². The van der Waals surface area contributed by atoms with Crippen LogP contribution in [0.1, 0.15) is 50.3 Å². The molecule has 2 unspecified atom stereocenters. The van der Waals surface area contributed by atoms with Crippen LogP contribution in [0.5, 0.6) is 0 Å². The molecule has 0 bridgehead atoms. The van der Waals surface area contributed by atoms with Gasteiger partial charge in [-0.15, -0.1) is 0 Å². The summed E-state index contributed by atoms with van der Waals surface area (Å²) in [5, 5.41) is 1.36. The fraction of sp³-hybridized carbons (Fsp3) is 0.364. The summed E-state index contributed by atoms with van der Waals surface area (Å²) < 4.78 is 0. The molecule has 0 aliphatic carbocycles. The van der Waals surface area contributed by atoms with Crippen molar-refractivity contribution in [3.05, 3.63) is 71.9 Å². The fourth-order valence-corrected chi connectivity index (χ4v) is 3.80. The average molecular weight is 320 g/mol. The van der Waals surface area contributed by atoms with Crippen LogP contribution in [0.3, 0.4) is 0 Å². The van der Waals surface area contributed by atoms with Crippen molar-refractivity contribution in [1.29, 1.82) is 0 Å².